The highest BCUT2D eigenvalue weighted by Crippen LogP contribution is 2.38. The van der Waals surface area contributed by atoms with Crippen LogP contribution in [0.1, 0.15) is 37.0 Å². The monoisotopic (exact) mass is 340 g/mol. The fraction of sp³-hybridized carbons (Fsp3) is 0.316. The maximum Gasteiger partial charge on any atom is 0.430 e. The molecule has 2 rings (SSSR count). The van der Waals surface area contributed by atoms with E-state index in [0.717, 1.165) is 12.8 Å². The van der Waals surface area contributed by atoms with Crippen LogP contribution in [0.5, 0.6) is 11.5 Å². The first-order valence-electron chi connectivity index (χ1n) is 8.34. The molecule has 0 aromatic heterocycles. The molecule has 25 heavy (non-hydrogen) atoms. The van der Waals surface area contributed by atoms with Gasteiger partial charge >= 0.3 is 5.69 Å². The Morgan fingerprint density at radius 3 is 2.28 bits per heavy atom. The molecule has 0 bridgehead atoms. The second-order valence-corrected chi connectivity index (χ2v) is 5.43. The van der Waals surface area contributed by atoms with Gasteiger partial charge in [-0.15, -0.1) is 0 Å². The first kappa shape index (κ1) is 18.3. The zero-order chi connectivity index (χ0) is 18.1. The van der Waals surface area contributed by atoms with Gasteiger partial charge in [-0.05, 0) is 25.0 Å². The standard InChI is InChI=1S/C19H21N3O3/c1-3-10-24-17-13-16(22-20)18(25-11-4-2)12-15(17)21-19(23)14-8-6-5-7-9-14/h5-9,12-13H,3-4,10-11H2,1-2H3/p+1. The van der Waals surface area contributed by atoms with Gasteiger partial charge in [0, 0.05) is 11.6 Å². The number of hydrogen-bond acceptors (Lipinski definition) is 4. The number of carbonyl (C=O) groups excluding carboxylic acids is 1. The van der Waals surface area contributed by atoms with Gasteiger partial charge in [0.25, 0.3) is 5.91 Å². The summed E-state index contributed by atoms with van der Waals surface area (Å²) in [5.74, 6) is 0.566. The van der Waals surface area contributed by atoms with Crippen molar-refractivity contribution in [2.75, 3.05) is 18.5 Å². The third-order valence-corrected chi connectivity index (χ3v) is 3.38. The molecule has 0 aliphatic carbocycles. The molecule has 0 atom stereocenters. The molecule has 1 N–H and O–H groups in total. The van der Waals surface area contributed by atoms with E-state index in [2.05, 4.69) is 10.3 Å². The summed E-state index contributed by atoms with van der Waals surface area (Å²) < 4.78 is 11.3. The minimum atomic E-state index is -0.253. The Balaban J connectivity index is 2.34. The highest BCUT2D eigenvalue weighted by molar-refractivity contribution is 6.05. The van der Waals surface area contributed by atoms with Crippen LogP contribution in [-0.4, -0.2) is 19.1 Å². The number of carbonyl (C=O) groups is 1. The summed E-state index contributed by atoms with van der Waals surface area (Å²) >= 11 is 0. The van der Waals surface area contributed by atoms with Crippen LogP contribution in [0.25, 0.3) is 4.98 Å². The molecule has 6 nitrogen and oxygen atoms in total. The summed E-state index contributed by atoms with van der Waals surface area (Å²) in [4.78, 5) is 15.7. The summed E-state index contributed by atoms with van der Waals surface area (Å²) in [5.41, 5.74) is 1.27. The number of benzene rings is 2. The van der Waals surface area contributed by atoms with Gasteiger partial charge in [0.15, 0.2) is 10.7 Å². The molecule has 0 aliphatic heterocycles. The number of ether oxygens (including phenoxy) is 2. The molecule has 6 heteroatoms. The van der Waals surface area contributed by atoms with Gasteiger partial charge in [-0.25, -0.2) is 0 Å². The molecule has 2 aromatic carbocycles. The van der Waals surface area contributed by atoms with E-state index in [9.17, 15) is 10.2 Å². The third-order valence-electron chi connectivity index (χ3n) is 3.38. The Hall–Kier alpha value is -3.07. The third kappa shape index (κ3) is 4.95. The second kappa shape index (κ2) is 9.28. The maximum atomic E-state index is 12.4. The van der Waals surface area contributed by atoms with Gasteiger partial charge in [-0.3, -0.25) is 4.79 Å². The number of rotatable bonds is 8. The van der Waals surface area contributed by atoms with Crippen LogP contribution in [0.4, 0.5) is 11.4 Å². The normalized spacial score (nSPS) is 9.96. The van der Waals surface area contributed by atoms with E-state index in [4.69, 9.17) is 9.47 Å². The van der Waals surface area contributed by atoms with E-state index >= 15 is 0 Å². The number of anilines is 1. The average Bonchev–Trinajstić information content (AvgIpc) is 2.65. The van der Waals surface area contributed by atoms with E-state index in [0.29, 0.717) is 36.0 Å². The highest BCUT2D eigenvalue weighted by Gasteiger charge is 2.22. The molecular weight excluding hydrogens is 318 g/mol. The lowest BCUT2D eigenvalue weighted by Gasteiger charge is -2.13. The highest BCUT2D eigenvalue weighted by atomic mass is 16.5. The van der Waals surface area contributed by atoms with Gasteiger partial charge in [0.2, 0.25) is 11.1 Å². The summed E-state index contributed by atoms with van der Waals surface area (Å²) in [6.45, 7) is 4.92. The molecule has 0 spiro atoms. The minimum Gasteiger partial charge on any atom is -0.491 e. The molecule has 0 fully saturated rings. The minimum absolute atomic E-state index is 0.253. The second-order valence-electron chi connectivity index (χ2n) is 5.43. The molecule has 0 radical (unpaired) electrons. The molecule has 0 aliphatic rings. The topological polar surface area (TPSA) is 75.7 Å². The first-order chi connectivity index (χ1) is 12.2. The molecule has 0 saturated heterocycles. The number of nitrogens with one attached hydrogen (secondary N) is 1. The number of amides is 1. The summed E-state index contributed by atoms with van der Waals surface area (Å²) in [6, 6.07) is 12.1. The lowest BCUT2D eigenvalue weighted by molar-refractivity contribution is 0.102. The van der Waals surface area contributed by atoms with E-state index in [1.54, 1.807) is 36.4 Å². The Morgan fingerprint density at radius 2 is 1.68 bits per heavy atom. The molecule has 2 aromatic rings. The zero-order valence-electron chi connectivity index (χ0n) is 14.5. The van der Waals surface area contributed by atoms with Crippen LogP contribution in [0.2, 0.25) is 0 Å². The predicted octanol–water partition coefficient (Wildman–Crippen LogP) is 5.00. The lowest BCUT2D eigenvalue weighted by atomic mass is 10.2. The molecular formula is C19H22N3O3+. The van der Waals surface area contributed by atoms with Gasteiger partial charge in [-0.1, -0.05) is 32.0 Å². The van der Waals surface area contributed by atoms with Gasteiger partial charge in [-0.2, -0.15) is 0 Å². The fourth-order valence-electron chi connectivity index (χ4n) is 2.17. The summed E-state index contributed by atoms with van der Waals surface area (Å²) in [7, 11) is 0. The van der Waals surface area contributed by atoms with Crippen LogP contribution >= 0.6 is 0 Å². The van der Waals surface area contributed by atoms with Gasteiger partial charge < -0.3 is 14.8 Å². The molecule has 0 heterocycles. The van der Waals surface area contributed by atoms with Crippen molar-refractivity contribution in [2.24, 2.45) is 0 Å². The van der Waals surface area contributed by atoms with Crippen LogP contribution in [0, 0.1) is 5.39 Å². The van der Waals surface area contributed by atoms with E-state index in [-0.39, 0.29) is 11.6 Å². The van der Waals surface area contributed by atoms with Crippen LogP contribution in [-0.2, 0) is 0 Å². The smallest absolute Gasteiger partial charge is 0.430 e. The van der Waals surface area contributed by atoms with Crippen molar-refractivity contribution in [1.29, 1.82) is 5.39 Å². The van der Waals surface area contributed by atoms with Gasteiger partial charge in [0.1, 0.15) is 0 Å². The van der Waals surface area contributed by atoms with Crippen LogP contribution < -0.4 is 14.8 Å². The van der Waals surface area contributed by atoms with Crippen molar-refractivity contribution in [1.82, 2.24) is 0 Å². The van der Waals surface area contributed by atoms with Crippen molar-refractivity contribution < 1.29 is 14.3 Å². The van der Waals surface area contributed by atoms with Crippen LogP contribution in [0.15, 0.2) is 42.5 Å². The number of diazo groups is 1. The lowest BCUT2D eigenvalue weighted by Crippen LogP contribution is -2.13. The average molecular weight is 340 g/mol. The van der Waals surface area contributed by atoms with Crippen molar-refractivity contribution in [3.05, 3.63) is 53.0 Å². The Morgan fingerprint density at radius 1 is 1.04 bits per heavy atom. The van der Waals surface area contributed by atoms with Gasteiger partial charge in [0.05, 0.1) is 25.0 Å². The van der Waals surface area contributed by atoms with Crippen molar-refractivity contribution >= 4 is 17.3 Å². The van der Waals surface area contributed by atoms with Crippen molar-refractivity contribution in [2.45, 2.75) is 26.7 Å². The van der Waals surface area contributed by atoms with Crippen molar-refractivity contribution in [3.63, 3.8) is 0 Å². The van der Waals surface area contributed by atoms with Crippen molar-refractivity contribution in [3.8, 4) is 11.5 Å². The van der Waals surface area contributed by atoms with E-state index < -0.39 is 0 Å². The quantitative estimate of drug-likeness (QED) is 0.686. The largest absolute Gasteiger partial charge is 0.491 e. The fourth-order valence-corrected chi connectivity index (χ4v) is 2.17. The van der Waals surface area contributed by atoms with E-state index in [1.807, 2.05) is 19.9 Å². The zero-order valence-corrected chi connectivity index (χ0v) is 14.5. The Bertz CT molecular complexity index is 754. The number of nitrogens with zero attached hydrogens (tertiary/aromatic N) is 2. The Labute approximate surface area is 147 Å². The first-order valence-corrected chi connectivity index (χ1v) is 8.34. The SMILES string of the molecule is CCCOc1cc(NC(=O)c2ccccc2)c(OCCC)cc1[N+]#N. The maximum absolute atomic E-state index is 12.4. The Kier molecular flexibility index (Phi) is 6.78. The number of hydrogen-bond donors (Lipinski definition) is 1. The van der Waals surface area contributed by atoms with E-state index in [1.165, 1.54) is 0 Å². The predicted molar refractivity (Wildman–Crippen MR) is 97.2 cm³/mol. The molecule has 0 saturated carbocycles. The molecule has 1 amide bonds. The summed E-state index contributed by atoms with van der Waals surface area (Å²) in [6.07, 6.45) is 1.62. The summed E-state index contributed by atoms with van der Waals surface area (Å²) in [5, 5.41) is 12.1. The van der Waals surface area contributed by atoms with Crippen LogP contribution in [0.3, 0.4) is 0 Å². The molecule has 0 unspecified atom stereocenters. The molecule has 130 valence electrons.